The molecule has 0 bridgehead atoms. The molecule has 2 aliphatic rings. The lowest BCUT2D eigenvalue weighted by molar-refractivity contribution is -0.116. The highest BCUT2D eigenvalue weighted by Gasteiger charge is 2.34. The van der Waals surface area contributed by atoms with Crippen LogP contribution in [0, 0.1) is 5.92 Å². The van der Waals surface area contributed by atoms with Gasteiger partial charge in [-0.2, -0.15) is 0 Å². The Kier molecular flexibility index (Phi) is 10.5. The molecule has 11 nitrogen and oxygen atoms in total. The number of aliphatic hydroxyl groups is 1. The number of hydrogen-bond donors (Lipinski definition) is 3. The fourth-order valence-electron chi connectivity index (χ4n) is 5.72. The minimum absolute atomic E-state index is 0.147. The summed E-state index contributed by atoms with van der Waals surface area (Å²) in [6.45, 7) is 7.71. The standard InChI is InChI=1S/C34H43N5O6/c1-23-20-39(24(2)22-40)33(42)28-19-26(35-32(41)13-14-38-15-17-44-18-16-38)11-12-30(28)45-31(23)21-37(3)34(43)36-29-10-6-8-25-7-4-5-9-27(25)29/h4-12,19,23-24,31,40H,13-18,20-22H2,1-3H3,(H,35,41)(H,36,43)/t23-,24-,31-/m0/s1. The number of fused-ring (bicyclic) bond motifs is 2. The van der Waals surface area contributed by atoms with E-state index in [0.717, 1.165) is 29.5 Å². The minimum Gasteiger partial charge on any atom is -0.487 e. The quantitative estimate of drug-likeness (QED) is 0.333. The number of benzene rings is 3. The molecule has 240 valence electrons. The Balaban J connectivity index is 1.31. The maximum absolute atomic E-state index is 13.8. The first-order valence-corrected chi connectivity index (χ1v) is 15.6. The summed E-state index contributed by atoms with van der Waals surface area (Å²) in [5, 5.41) is 17.9. The summed E-state index contributed by atoms with van der Waals surface area (Å²) in [6, 6.07) is 18.0. The first kappa shape index (κ1) is 32.2. The molecule has 3 aromatic carbocycles. The zero-order valence-electron chi connectivity index (χ0n) is 26.2. The van der Waals surface area contributed by atoms with Crippen LogP contribution in [0.5, 0.6) is 5.75 Å². The Morgan fingerprint density at radius 3 is 2.60 bits per heavy atom. The molecule has 0 unspecified atom stereocenters. The molecular weight excluding hydrogens is 574 g/mol. The molecule has 0 aromatic heterocycles. The topological polar surface area (TPSA) is 124 Å². The van der Waals surface area contributed by atoms with Crippen LogP contribution in [0.15, 0.2) is 60.7 Å². The van der Waals surface area contributed by atoms with E-state index in [1.807, 2.05) is 49.4 Å². The van der Waals surface area contributed by atoms with Gasteiger partial charge < -0.3 is 35.0 Å². The number of nitrogens with zero attached hydrogens (tertiary/aromatic N) is 3. The second kappa shape index (κ2) is 14.7. The Hall–Kier alpha value is -4.19. The van der Waals surface area contributed by atoms with Crippen molar-refractivity contribution in [1.82, 2.24) is 14.7 Å². The van der Waals surface area contributed by atoms with Crippen LogP contribution >= 0.6 is 0 Å². The third kappa shape index (κ3) is 7.91. The fraction of sp³-hybridized carbons (Fsp3) is 0.441. The molecule has 5 rings (SSSR count). The molecule has 0 aliphatic carbocycles. The number of rotatable bonds is 9. The molecule has 3 atom stereocenters. The third-order valence-corrected chi connectivity index (χ3v) is 8.54. The summed E-state index contributed by atoms with van der Waals surface area (Å²) >= 11 is 0. The van der Waals surface area contributed by atoms with Crippen molar-refractivity contribution in [2.75, 3.05) is 70.2 Å². The van der Waals surface area contributed by atoms with Crippen LogP contribution in [0.1, 0.15) is 30.6 Å². The molecule has 11 heteroatoms. The van der Waals surface area contributed by atoms with Crippen molar-refractivity contribution in [3.63, 3.8) is 0 Å². The van der Waals surface area contributed by atoms with Gasteiger partial charge in [-0.3, -0.25) is 14.5 Å². The first-order chi connectivity index (χ1) is 21.7. The number of nitrogens with one attached hydrogen (secondary N) is 2. The summed E-state index contributed by atoms with van der Waals surface area (Å²) in [6.07, 6.45) is -0.135. The number of carbonyl (C=O) groups is 3. The highest BCUT2D eigenvalue weighted by molar-refractivity contribution is 6.02. The number of likely N-dealkylation sites (N-methyl/N-ethyl adjacent to an activating group) is 1. The first-order valence-electron chi connectivity index (χ1n) is 15.6. The van der Waals surface area contributed by atoms with Gasteiger partial charge in [0.15, 0.2) is 0 Å². The molecule has 0 radical (unpaired) electrons. The van der Waals surface area contributed by atoms with E-state index >= 15 is 0 Å². The molecule has 4 amide bonds. The number of anilines is 2. The van der Waals surface area contributed by atoms with Crippen LogP contribution in [0.3, 0.4) is 0 Å². The Morgan fingerprint density at radius 2 is 1.82 bits per heavy atom. The van der Waals surface area contributed by atoms with E-state index in [1.165, 1.54) is 0 Å². The van der Waals surface area contributed by atoms with E-state index in [2.05, 4.69) is 15.5 Å². The van der Waals surface area contributed by atoms with Crippen molar-refractivity contribution in [3.8, 4) is 5.75 Å². The van der Waals surface area contributed by atoms with Gasteiger partial charge in [-0.1, -0.05) is 43.3 Å². The maximum Gasteiger partial charge on any atom is 0.321 e. The summed E-state index contributed by atoms with van der Waals surface area (Å²) in [5.74, 6) is -0.237. The third-order valence-electron chi connectivity index (χ3n) is 8.54. The predicted octanol–water partition coefficient (Wildman–Crippen LogP) is 3.88. The van der Waals surface area contributed by atoms with E-state index in [1.54, 1.807) is 42.0 Å². The molecular formula is C34H43N5O6. The number of urea groups is 1. The zero-order valence-corrected chi connectivity index (χ0v) is 26.2. The average molecular weight is 618 g/mol. The molecule has 2 aliphatic heterocycles. The van der Waals surface area contributed by atoms with Crippen molar-refractivity contribution < 1.29 is 29.0 Å². The summed E-state index contributed by atoms with van der Waals surface area (Å²) in [7, 11) is 1.71. The molecule has 3 aromatic rings. The molecule has 3 N–H and O–H groups in total. The van der Waals surface area contributed by atoms with E-state index in [4.69, 9.17) is 9.47 Å². The molecule has 0 saturated carbocycles. The molecule has 1 fully saturated rings. The van der Waals surface area contributed by atoms with Crippen LogP contribution in [-0.4, -0.2) is 109 Å². The van der Waals surface area contributed by atoms with Gasteiger partial charge in [-0.25, -0.2) is 4.79 Å². The van der Waals surface area contributed by atoms with Crippen LogP contribution < -0.4 is 15.4 Å². The van der Waals surface area contributed by atoms with E-state index < -0.39 is 12.1 Å². The number of hydrogen-bond acceptors (Lipinski definition) is 7. The molecule has 2 heterocycles. The predicted molar refractivity (Wildman–Crippen MR) is 174 cm³/mol. The minimum atomic E-state index is -0.456. The summed E-state index contributed by atoms with van der Waals surface area (Å²) in [5.41, 5.74) is 1.50. The number of aliphatic hydroxyl groups excluding tert-OH is 1. The lowest BCUT2D eigenvalue weighted by Gasteiger charge is -2.38. The van der Waals surface area contributed by atoms with Gasteiger partial charge in [0.2, 0.25) is 5.91 Å². The van der Waals surface area contributed by atoms with E-state index in [9.17, 15) is 19.5 Å². The number of morpholine rings is 1. The van der Waals surface area contributed by atoms with Gasteiger partial charge in [0, 0.05) is 56.6 Å². The van der Waals surface area contributed by atoms with Gasteiger partial charge in [0.25, 0.3) is 5.91 Å². The molecule has 1 saturated heterocycles. The van der Waals surface area contributed by atoms with E-state index in [-0.39, 0.29) is 36.9 Å². The largest absolute Gasteiger partial charge is 0.487 e. The number of carbonyl (C=O) groups excluding carboxylic acids is 3. The van der Waals surface area contributed by atoms with Gasteiger partial charge >= 0.3 is 6.03 Å². The smallest absolute Gasteiger partial charge is 0.321 e. The van der Waals surface area contributed by atoms with Crippen LogP contribution in [0.25, 0.3) is 10.8 Å². The van der Waals surface area contributed by atoms with Gasteiger partial charge in [-0.15, -0.1) is 0 Å². The van der Waals surface area contributed by atoms with Crippen molar-refractivity contribution in [3.05, 3.63) is 66.2 Å². The van der Waals surface area contributed by atoms with Gasteiger partial charge in [0.1, 0.15) is 11.9 Å². The van der Waals surface area contributed by atoms with Gasteiger partial charge in [-0.05, 0) is 36.6 Å². The van der Waals surface area contributed by atoms with Crippen molar-refractivity contribution >= 4 is 40.0 Å². The number of ether oxygens (including phenoxy) is 2. The summed E-state index contributed by atoms with van der Waals surface area (Å²) in [4.78, 5) is 45.3. The highest BCUT2D eigenvalue weighted by atomic mass is 16.5. The number of amides is 4. The Morgan fingerprint density at radius 1 is 1.07 bits per heavy atom. The SMILES string of the molecule is C[C@H]1CN([C@@H](C)CO)C(=O)c2cc(NC(=O)CCN3CCOCC3)ccc2O[C@H]1CN(C)C(=O)Nc1cccc2ccccc12. The van der Waals surface area contributed by atoms with Crippen LogP contribution in [0.2, 0.25) is 0 Å². The van der Waals surface area contributed by atoms with Crippen LogP contribution in [0.4, 0.5) is 16.2 Å². The van der Waals surface area contributed by atoms with E-state index in [0.29, 0.717) is 49.7 Å². The summed E-state index contributed by atoms with van der Waals surface area (Å²) < 4.78 is 11.8. The Labute approximate surface area is 264 Å². The highest BCUT2D eigenvalue weighted by Crippen LogP contribution is 2.31. The maximum atomic E-state index is 13.8. The Bertz CT molecular complexity index is 1500. The van der Waals surface area contributed by atoms with Gasteiger partial charge in [0.05, 0.1) is 43.7 Å². The lowest BCUT2D eigenvalue weighted by Crippen LogP contribution is -2.50. The van der Waals surface area contributed by atoms with Crippen molar-refractivity contribution in [2.45, 2.75) is 32.4 Å². The van der Waals surface area contributed by atoms with Crippen molar-refractivity contribution in [2.24, 2.45) is 5.92 Å². The lowest BCUT2D eigenvalue weighted by atomic mass is 9.99. The zero-order chi connectivity index (χ0) is 31.9. The monoisotopic (exact) mass is 617 g/mol. The molecule has 0 spiro atoms. The fourth-order valence-corrected chi connectivity index (χ4v) is 5.72. The molecule has 45 heavy (non-hydrogen) atoms. The average Bonchev–Trinajstić information content (AvgIpc) is 3.05. The van der Waals surface area contributed by atoms with Crippen LogP contribution in [-0.2, 0) is 9.53 Å². The second-order valence-electron chi connectivity index (χ2n) is 11.9. The second-order valence-corrected chi connectivity index (χ2v) is 11.9. The van der Waals surface area contributed by atoms with Crippen molar-refractivity contribution in [1.29, 1.82) is 0 Å². The normalized spacial score (nSPS) is 19.6.